The highest BCUT2D eigenvalue weighted by molar-refractivity contribution is 5.10. The summed E-state index contributed by atoms with van der Waals surface area (Å²) in [6, 6.07) is 4.01. The van der Waals surface area contributed by atoms with Crippen molar-refractivity contribution >= 4 is 0 Å². The van der Waals surface area contributed by atoms with Gasteiger partial charge in [0.1, 0.15) is 0 Å². The van der Waals surface area contributed by atoms with Crippen LogP contribution >= 0.6 is 0 Å². The lowest BCUT2D eigenvalue weighted by atomic mass is 10.4. The van der Waals surface area contributed by atoms with Crippen molar-refractivity contribution in [2.45, 2.75) is 34.0 Å². The monoisotopic (exact) mass is 219 g/mol. The summed E-state index contributed by atoms with van der Waals surface area (Å²) in [4.78, 5) is 0. The van der Waals surface area contributed by atoms with Gasteiger partial charge < -0.3 is 0 Å². The highest BCUT2D eigenvalue weighted by Crippen LogP contribution is 2.11. The third kappa shape index (κ3) is 1.74. The number of nitrogens with zero attached hydrogens (tertiary/aromatic N) is 4. The predicted octanol–water partition coefficient (Wildman–Crippen LogP) is 1.28. The zero-order chi connectivity index (χ0) is 11.9. The maximum atomic E-state index is 6.15. The Balaban J connectivity index is 2.42. The molecule has 0 aromatic carbocycles. The van der Waals surface area contributed by atoms with E-state index in [-0.39, 0.29) is 6.29 Å². The largest absolute Gasteiger partial charge is 0.291 e. The second-order valence-corrected chi connectivity index (χ2v) is 4.16. The lowest BCUT2D eigenvalue weighted by Gasteiger charge is -2.16. The first kappa shape index (κ1) is 10.9. The van der Waals surface area contributed by atoms with Crippen LogP contribution in [0.2, 0.25) is 0 Å². The van der Waals surface area contributed by atoms with Crippen molar-refractivity contribution in [3.63, 3.8) is 0 Å². The molecular weight excluding hydrogens is 202 g/mol. The molecule has 2 rings (SSSR count). The van der Waals surface area contributed by atoms with Crippen molar-refractivity contribution < 1.29 is 0 Å². The number of aromatic nitrogens is 4. The smallest absolute Gasteiger partial charge is 0.195 e. The molecule has 2 aromatic rings. The first-order chi connectivity index (χ1) is 7.49. The van der Waals surface area contributed by atoms with Crippen LogP contribution in [0.5, 0.6) is 0 Å². The summed E-state index contributed by atoms with van der Waals surface area (Å²) in [5.41, 5.74) is 10.2. The molecule has 0 unspecified atom stereocenters. The van der Waals surface area contributed by atoms with Gasteiger partial charge in [0.05, 0.1) is 11.4 Å². The standard InChI is InChI=1S/C11H17N5/c1-7-5-9(3)15(13-7)11(12)16-10(4)6-8(2)14-16/h5-6,11H,12H2,1-4H3. The fourth-order valence-corrected chi connectivity index (χ4v) is 1.93. The van der Waals surface area contributed by atoms with Crippen molar-refractivity contribution in [3.05, 3.63) is 34.9 Å². The molecule has 16 heavy (non-hydrogen) atoms. The lowest BCUT2D eigenvalue weighted by Crippen LogP contribution is -2.30. The minimum absolute atomic E-state index is 0.373. The Morgan fingerprint density at radius 1 is 0.938 bits per heavy atom. The molecular formula is C11H17N5. The maximum Gasteiger partial charge on any atom is 0.195 e. The Morgan fingerprint density at radius 2 is 1.31 bits per heavy atom. The van der Waals surface area contributed by atoms with E-state index in [1.165, 1.54) is 0 Å². The van der Waals surface area contributed by atoms with E-state index in [0.29, 0.717) is 0 Å². The number of hydrogen-bond acceptors (Lipinski definition) is 3. The molecule has 0 aliphatic carbocycles. The fourth-order valence-electron chi connectivity index (χ4n) is 1.93. The molecule has 0 bridgehead atoms. The minimum Gasteiger partial charge on any atom is -0.291 e. The van der Waals surface area contributed by atoms with Gasteiger partial charge in [-0.15, -0.1) is 0 Å². The molecule has 86 valence electrons. The van der Waals surface area contributed by atoms with Crippen LogP contribution in [0, 0.1) is 27.7 Å². The van der Waals surface area contributed by atoms with Gasteiger partial charge in [0.15, 0.2) is 6.29 Å². The van der Waals surface area contributed by atoms with Gasteiger partial charge in [0.25, 0.3) is 0 Å². The summed E-state index contributed by atoms with van der Waals surface area (Å²) in [5.74, 6) is 0. The van der Waals surface area contributed by atoms with Crippen LogP contribution in [0.4, 0.5) is 0 Å². The average molecular weight is 219 g/mol. The summed E-state index contributed by atoms with van der Waals surface area (Å²) in [6.07, 6.45) is -0.373. The van der Waals surface area contributed by atoms with Crippen LogP contribution in [0.15, 0.2) is 12.1 Å². The van der Waals surface area contributed by atoms with Crippen molar-refractivity contribution in [1.29, 1.82) is 0 Å². The zero-order valence-electron chi connectivity index (χ0n) is 10.1. The van der Waals surface area contributed by atoms with Crippen molar-refractivity contribution in [1.82, 2.24) is 19.6 Å². The molecule has 0 aliphatic rings. The lowest BCUT2D eigenvalue weighted by molar-refractivity contribution is 0.356. The van der Waals surface area contributed by atoms with E-state index < -0.39 is 0 Å². The molecule has 2 aromatic heterocycles. The van der Waals surface area contributed by atoms with E-state index in [9.17, 15) is 0 Å². The van der Waals surface area contributed by atoms with Gasteiger partial charge in [-0.1, -0.05) is 0 Å². The SMILES string of the molecule is Cc1cc(C)n(C(N)n2nc(C)cc2C)n1. The molecule has 2 N–H and O–H groups in total. The predicted molar refractivity (Wildman–Crippen MR) is 62.0 cm³/mol. The molecule has 0 spiro atoms. The summed E-state index contributed by atoms with van der Waals surface area (Å²) in [6.45, 7) is 7.89. The molecule has 5 nitrogen and oxygen atoms in total. The van der Waals surface area contributed by atoms with Gasteiger partial charge in [-0.3, -0.25) is 5.73 Å². The quantitative estimate of drug-likeness (QED) is 0.827. The van der Waals surface area contributed by atoms with Crippen molar-refractivity contribution in [2.24, 2.45) is 5.73 Å². The van der Waals surface area contributed by atoms with Crippen molar-refractivity contribution in [2.75, 3.05) is 0 Å². The highest BCUT2D eigenvalue weighted by Gasteiger charge is 2.14. The molecule has 0 amide bonds. The molecule has 2 heterocycles. The summed E-state index contributed by atoms with van der Waals surface area (Å²) in [5, 5.41) is 8.74. The Bertz CT molecular complexity index is 462. The first-order valence-electron chi connectivity index (χ1n) is 5.30. The topological polar surface area (TPSA) is 61.7 Å². The van der Waals surface area contributed by atoms with Crippen LogP contribution < -0.4 is 5.73 Å². The van der Waals surface area contributed by atoms with Crippen molar-refractivity contribution in [3.8, 4) is 0 Å². The van der Waals surface area contributed by atoms with Gasteiger partial charge in [0.2, 0.25) is 0 Å². The van der Waals surface area contributed by atoms with Gasteiger partial charge in [-0.25, -0.2) is 9.36 Å². The number of hydrogen-bond donors (Lipinski definition) is 1. The van der Waals surface area contributed by atoms with E-state index in [1.54, 1.807) is 9.36 Å². The number of aryl methyl sites for hydroxylation is 4. The van der Waals surface area contributed by atoms with Crippen LogP contribution in [0.3, 0.4) is 0 Å². The molecule has 5 heteroatoms. The molecule has 0 fully saturated rings. The van der Waals surface area contributed by atoms with E-state index in [1.807, 2.05) is 39.8 Å². The first-order valence-corrected chi connectivity index (χ1v) is 5.30. The molecule has 0 atom stereocenters. The third-order valence-corrected chi connectivity index (χ3v) is 2.59. The van der Waals surface area contributed by atoms with Crippen LogP contribution in [-0.4, -0.2) is 19.6 Å². The Kier molecular flexibility index (Phi) is 2.55. The minimum atomic E-state index is -0.373. The van der Waals surface area contributed by atoms with Crippen LogP contribution in [0.1, 0.15) is 29.1 Å². The summed E-state index contributed by atoms with van der Waals surface area (Å²) in [7, 11) is 0. The second kappa shape index (κ2) is 3.75. The van der Waals surface area contributed by atoms with Crippen LogP contribution in [-0.2, 0) is 0 Å². The van der Waals surface area contributed by atoms with E-state index in [2.05, 4.69) is 10.2 Å². The van der Waals surface area contributed by atoms with Gasteiger partial charge in [-0.2, -0.15) is 10.2 Å². The molecule has 0 saturated carbocycles. The number of rotatable bonds is 2. The van der Waals surface area contributed by atoms with E-state index in [0.717, 1.165) is 22.8 Å². The van der Waals surface area contributed by atoms with Crippen LogP contribution in [0.25, 0.3) is 0 Å². The number of nitrogens with two attached hydrogens (primary N) is 1. The molecule has 0 aliphatic heterocycles. The Labute approximate surface area is 94.9 Å². The Hall–Kier alpha value is -1.62. The molecule has 0 saturated heterocycles. The van der Waals surface area contributed by atoms with Gasteiger partial charge >= 0.3 is 0 Å². The van der Waals surface area contributed by atoms with Gasteiger partial charge in [-0.05, 0) is 39.8 Å². The average Bonchev–Trinajstić information content (AvgIpc) is 2.68. The summed E-state index contributed by atoms with van der Waals surface area (Å²) < 4.78 is 3.57. The second-order valence-electron chi connectivity index (χ2n) is 4.16. The summed E-state index contributed by atoms with van der Waals surface area (Å²) >= 11 is 0. The maximum absolute atomic E-state index is 6.15. The zero-order valence-corrected chi connectivity index (χ0v) is 10.1. The molecule has 0 radical (unpaired) electrons. The Morgan fingerprint density at radius 3 is 1.56 bits per heavy atom. The normalized spacial score (nSPS) is 11.4. The fraction of sp³-hybridized carbons (Fsp3) is 0.455. The van der Waals surface area contributed by atoms with E-state index in [4.69, 9.17) is 5.73 Å². The van der Waals surface area contributed by atoms with Gasteiger partial charge in [0, 0.05) is 11.4 Å². The van der Waals surface area contributed by atoms with E-state index >= 15 is 0 Å². The third-order valence-electron chi connectivity index (χ3n) is 2.59. The highest BCUT2D eigenvalue weighted by atomic mass is 15.5.